The molecule has 0 aromatic carbocycles. The molecule has 4 heteroatoms. The third-order valence-electron chi connectivity index (χ3n) is 4.15. The van der Waals surface area contributed by atoms with E-state index >= 15 is 0 Å². The molecule has 1 heterocycles. The van der Waals surface area contributed by atoms with Crippen molar-refractivity contribution in [2.45, 2.75) is 65.6 Å². The summed E-state index contributed by atoms with van der Waals surface area (Å²) in [5.74, 6) is 2.69. The molecular weight excluding hydrogens is 252 g/mol. The van der Waals surface area contributed by atoms with Crippen molar-refractivity contribution in [3.8, 4) is 12.3 Å². The van der Waals surface area contributed by atoms with Gasteiger partial charge in [-0.15, -0.1) is 6.42 Å². The standard InChI is InChI=1S/C16H26N2O2/c1-7-11(6)13-16(20)18(12(8-2)9-3)14(10(4)5)15(19)17-13/h2,10-14H,7,9H2,1,3-6H3,(H,17,19). The molecule has 0 aromatic heterocycles. The SMILES string of the molecule is C#CC(CC)N1C(=O)C(C(C)CC)NC(=O)C1C(C)C. The van der Waals surface area contributed by atoms with Gasteiger partial charge < -0.3 is 10.2 Å². The fraction of sp³-hybridized carbons (Fsp3) is 0.750. The van der Waals surface area contributed by atoms with E-state index < -0.39 is 12.1 Å². The van der Waals surface area contributed by atoms with Crippen molar-refractivity contribution in [3.05, 3.63) is 0 Å². The molecule has 1 saturated heterocycles. The van der Waals surface area contributed by atoms with Crippen LogP contribution in [0.4, 0.5) is 0 Å². The lowest BCUT2D eigenvalue weighted by Gasteiger charge is -2.44. The van der Waals surface area contributed by atoms with Crippen LogP contribution in [0.25, 0.3) is 0 Å². The van der Waals surface area contributed by atoms with Gasteiger partial charge in [-0.05, 0) is 18.3 Å². The molecule has 0 saturated carbocycles. The first-order valence-corrected chi connectivity index (χ1v) is 7.47. The van der Waals surface area contributed by atoms with E-state index in [2.05, 4.69) is 11.2 Å². The molecule has 4 atom stereocenters. The Hall–Kier alpha value is -1.50. The Kier molecular flexibility index (Phi) is 5.62. The quantitative estimate of drug-likeness (QED) is 0.780. The Morgan fingerprint density at radius 3 is 2.25 bits per heavy atom. The molecule has 0 aliphatic carbocycles. The number of amides is 2. The van der Waals surface area contributed by atoms with Crippen LogP contribution in [0.1, 0.15) is 47.5 Å². The molecule has 1 rings (SSSR count). The molecule has 4 nitrogen and oxygen atoms in total. The molecule has 1 aliphatic heterocycles. The zero-order valence-corrected chi connectivity index (χ0v) is 13.1. The molecular formula is C16H26N2O2. The van der Waals surface area contributed by atoms with E-state index in [1.165, 1.54) is 0 Å². The monoisotopic (exact) mass is 278 g/mol. The zero-order chi connectivity index (χ0) is 15.4. The summed E-state index contributed by atoms with van der Waals surface area (Å²) in [5.41, 5.74) is 0. The molecule has 0 radical (unpaired) electrons. The highest BCUT2D eigenvalue weighted by Gasteiger charge is 2.45. The Labute approximate surface area is 122 Å². The number of piperazine rings is 1. The molecule has 20 heavy (non-hydrogen) atoms. The first kappa shape index (κ1) is 16.6. The van der Waals surface area contributed by atoms with Crippen molar-refractivity contribution < 1.29 is 9.59 Å². The van der Waals surface area contributed by atoms with Gasteiger partial charge in [0.1, 0.15) is 12.1 Å². The van der Waals surface area contributed by atoms with Crippen LogP contribution in [0.2, 0.25) is 0 Å². The van der Waals surface area contributed by atoms with Crippen molar-refractivity contribution in [3.63, 3.8) is 0 Å². The molecule has 2 amide bonds. The summed E-state index contributed by atoms with van der Waals surface area (Å²) in [7, 11) is 0. The first-order chi connectivity index (χ1) is 9.38. The Balaban J connectivity index is 3.18. The van der Waals surface area contributed by atoms with Crippen LogP contribution in [0.3, 0.4) is 0 Å². The van der Waals surface area contributed by atoms with Crippen LogP contribution < -0.4 is 5.32 Å². The average Bonchev–Trinajstić information content (AvgIpc) is 2.42. The summed E-state index contributed by atoms with van der Waals surface area (Å²) in [5, 5.41) is 2.88. The summed E-state index contributed by atoms with van der Waals surface area (Å²) in [6, 6.07) is -1.23. The molecule has 0 aromatic rings. The summed E-state index contributed by atoms with van der Waals surface area (Å²) in [4.78, 5) is 26.8. The normalized spacial score (nSPS) is 26.1. The first-order valence-electron chi connectivity index (χ1n) is 7.47. The van der Waals surface area contributed by atoms with Gasteiger partial charge in [-0.2, -0.15) is 0 Å². The molecule has 1 N–H and O–H groups in total. The second-order valence-electron chi connectivity index (χ2n) is 5.90. The van der Waals surface area contributed by atoms with E-state index in [1.54, 1.807) is 4.90 Å². The fourth-order valence-corrected chi connectivity index (χ4v) is 2.71. The minimum Gasteiger partial charge on any atom is -0.342 e. The van der Waals surface area contributed by atoms with Gasteiger partial charge in [0.05, 0.1) is 6.04 Å². The summed E-state index contributed by atoms with van der Waals surface area (Å²) in [6.07, 6.45) is 7.06. The van der Waals surface area contributed by atoms with E-state index in [0.29, 0.717) is 6.42 Å². The van der Waals surface area contributed by atoms with Crippen LogP contribution in [0.15, 0.2) is 0 Å². The van der Waals surface area contributed by atoms with E-state index in [-0.39, 0.29) is 29.7 Å². The predicted octanol–water partition coefficient (Wildman–Crippen LogP) is 1.80. The Bertz CT molecular complexity index is 411. The highest BCUT2D eigenvalue weighted by molar-refractivity contribution is 5.97. The smallest absolute Gasteiger partial charge is 0.247 e. The number of hydrogen-bond acceptors (Lipinski definition) is 2. The maximum absolute atomic E-state index is 12.8. The van der Waals surface area contributed by atoms with Gasteiger partial charge in [0, 0.05) is 0 Å². The molecule has 1 fully saturated rings. The van der Waals surface area contributed by atoms with Crippen molar-refractivity contribution in [1.82, 2.24) is 10.2 Å². The van der Waals surface area contributed by atoms with Gasteiger partial charge in [0.15, 0.2) is 0 Å². The lowest BCUT2D eigenvalue weighted by Crippen LogP contribution is -2.68. The van der Waals surface area contributed by atoms with Crippen LogP contribution in [0.5, 0.6) is 0 Å². The molecule has 112 valence electrons. The van der Waals surface area contributed by atoms with E-state index in [9.17, 15) is 9.59 Å². The van der Waals surface area contributed by atoms with Gasteiger partial charge in [-0.3, -0.25) is 9.59 Å². The van der Waals surface area contributed by atoms with Crippen molar-refractivity contribution in [2.75, 3.05) is 0 Å². The largest absolute Gasteiger partial charge is 0.342 e. The predicted molar refractivity (Wildman–Crippen MR) is 79.8 cm³/mol. The van der Waals surface area contributed by atoms with E-state index in [1.807, 2.05) is 34.6 Å². The van der Waals surface area contributed by atoms with Crippen molar-refractivity contribution >= 4 is 11.8 Å². The minimum atomic E-state index is -0.469. The van der Waals surface area contributed by atoms with Crippen molar-refractivity contribution in [1.29, 1.82) is 0 Å². The molecule has 0 spiro atoms. The zero-order valence-electron chi connectivity index (χ0n) is 13.1. The maximum Gasteiger partial charge on any atom is 0.247 e. The van der Waals surface area contributed by atoms with Crippen LogP contribution >= 0.6 is 0 Å². The van der Waals surface area contributed by atoms with Gasteiger partial charge in [0.2, 0.25) is 11.8 Å². The second kappa shape index (κ2) is 6.78. The number of nitrogens with one attached hydrogen (secondary N) is 1. The number of hydrogen-bond donors (Lipinski definition) is 1. The van der Waals surface area contributed by atoms with Crippen LogP contribution in [-0.2, 0) is 9.59 Å². The maximum atomic E-state index is 12.8. The number of carbonyl (C=O) groups excluding carboxylic acids is 2. The van der Waals surface area contributed by atoms with Gasteiger partial charge in [0.25, 0.3) is 0 Å². The highest BCUT2D eigenvalue weighted by Crippen LogP contribution is 2.24. The van der Waals surface area contributed by atoms with Gasteiger partial charge in [-0.25, -0.2) is 0 Å². The topological polar surface area (TPSA) is 49.4 Å². The van der Waals surface area contributed by atoms with Crippen LogP contribution in [-0.4, -0.2) is 34.8 Å². The van der Waals surface area contributed by atoms with Crippen LogP contribution in [0, 0.1) is 24.2 Å². The van der Waals surface area contributed by atoms with Gasteiger partial charge in [-0.1, -0.05) is 47.0 Å². The Morgan fingerprint density at radius 1 is 1.25 bits per heavy atom. The van der Waals surface area contributed by atoms with Crippen molar-refractivity contribution in [2.24, 2.45) is 11.8 Å². The fourth-order valence-electron chi connectivity index (χ4n) is 2.71. The summed E-state index contributed by atoms with van der Waals surface area (Å²) < 4.78 is 0. The number of carbonyl (C=O) groups is 2. The summed E-state index contributed by atoms with van der Waals surface area (Å²) in [6.45, 7) is 9.82. The highest BCUT2D eigenvalue weighted by atomic mass is 16.2. The molecule has 0 bridgehead atoms. The number of nitrogens with zero attached hydrogens (tertiary/aromatic N) is 1. The Morgan fingerprint density at radius 2 is 1.85 bits per heavy atom. The van der Waals surface area contributed by atoms with E-state index in [4.69, 9.17) is 6.42 Å². The minimum absolute atomic E-state index is 0.0394. The lowest BCUT2D eigenvalue weighted by molar-refractivity contribution is -0.154. The lowest BCUT2D eigenvalue weighted by atomic mass is 9.89. The molecule has 1 aliphatic rings. The number of terminal acetylenes is 1. The number of rotatable bonds is 5. The summed E-state index contributed by atoms with van der Waals surface area (Å²) >= 11 is 0. The molecule has 4 unspecified atom stereocenters. The third-order valence-corrected chi connectivity index (χ3v) is 4.15. The second-order valence-corrected chi connectivity index (χ2v) is 5.90. The van der Waals surface area contributed by atoms with Gasteiger partial charge >= 0.3 is 0 Å². The third kappa shape index (κ3) is 2.98. The van der Waals surface area contributed by atoms with E-state index in [0.717, 1.165) is 6.42 Å². The average molecular weight is 278 g/mol.